The number of fused-ring (bicyclic) bond motifs is 3. The molecule has 0 saturated carbocycles. The molecule has 1 fully saturated rings. The zero-order valence-corrected chi connectivity index (χ0v) is 15.6. The first-order valence-corrected chi connectivity index (χ1v) is 9.40. The van der Waals surface area contributed by atoms with Crippen LogP contribution in [0.25, 0.3) is 21.8 Å². The molecule has 28 heavy (non-hydrogen) atoms. The summed E-state index contributed by atoms with van der Waals surface area (Å²) in [5, 5.41) is 12.1. The Hall–Kier alpha value is -3.19. The Morgan fingerprint density at radius 2 is 1.79 bits per heavy atom. The Balaban J connectivity index is 1.45. The van der Waals surface area contributed by atoms with Gasteiger partial charge in [0.1, 0.15) is 11.3 Å². The van der Waals surface area contributed by atoms with Gasteiger partial charge in [-0.3, -0.25) is 5.10 Å². The number of nitrogens with zero attached hydrogens (tertiary/aromatic N) is 4. The van der Waals surface area contributed by atoms with Crippen molar-refractivity contribution in [3.05, 3.63) is 54.5 Å². The quantitative estimate of drug-likeness (QED) is 0.570. The molecule has 0 aliphatic carbocycles. The highest BCUT2D eigenvalue weighted by Crippen LogP contribution is 2.30. The predicted octanol–water partition coefficient (Wildman–Crippen LogP) is 3.75. The van der Waals surface area contributed by atoms with E-state index in [1.165, 1.54) is 17.8 Å². The summed E-state index contributed by atoms with van der Waals surface area (Å²) in [4.78, 5) is 9.42. The molecule has 6 nitrogen and oxygen atoms in total. The topological polar surface area (TPSA) is 60.1 Å². The van der Waals surface area contributed by atoms with Crippen LogP contribution in [-0.4, -0.2) is 53.3 Å². The lowest BCUT2D eigenvalue weighted by molar-refractivity contribution is 0.313. The predicted molar refractivity (Wildman–Crippen MR) is 111 cm³/mol. The largest absolute Gasteiger partial charge is 0.369 e. The first-order valence-electron chi connectivity index (χ1n) is 9.40. The van der Waals surface area contributed by atoms with Crippen LogP contribution >= 0.6 is 0 Å². The van der Waals surface area contributed by atoms with Gasteiger partial charge < -0.3 is 15.1 Å². The van der Waals surface area contributed by atoms with E-state index < -0.39 is 0 Å². The van der Waals surface area contributed by atoms with Crippen molar-refractivity contribution in [1.82, 2.24) is 20.1 Å². The first-order chi connectivity index (χ1) is 13.7. The minimum Gasteiger partial charge on any atom is -0.369 e. The highest BCUT2D eigenvalue weighted by Gasteiger charge is 2.15. The standard InChI is InChI=1S/C21H21FN6/c1-27-8-10-28(11-9-27)16-5-3-15(4-6-16)24-21-20-18(13-23-26-20)17-12-14(22)2-7-19(17)25-21/h2-7,12-13H,8-11H2,1H3,(H,23,26)(H,24,25). The summed E-state index contributed by atoms with van der Waals surface area (Å²) in [6.45, 7) is 4.25. The van der Waals surface area contributed by atoms with Crippen LogP contribution < -0.4 is 10.2 Å². The SMILES string of the molecule is CN1CCN(c2ccc(Nc3nc4ccc(F)cc4c4cn[nH]c34)cc2)CC1. The summed E-state index contributed by atoms with van der Waals surface area (Å²) in [7, 11) is 2.16. The maximum Gasteiger partial charge on any atom is 0.157 e. The monoisotopic (exact) mass is 376 g/mol. The number of nitrogens with one attached hydrogen (secondary N) is 2. The van der Waals surface area contributed by atoms with Crippen molar-refractivity contribution in [3.8, 4) is 0 Å². The van der Waals surface area contributed by atoms with Crippen molar-refractivity contribution in [2.45, 2.75) is 0 Å². The molecule has 0 spiro atoms. The Labute approximate surface area is 162 Å². The number of likely N-dealkylation sites (N-methyl/N-ethyl adjacent to an activating group) is 1. The molecule has 0 unspecified atom stereocenters. The number of aromatic amines is 1. The number of hydrogen-bond donors (Lipinski definition) is 2. The van der Waals surface area contributed by atoms with Crippen molar-refractivity contribution in [2.24, 2.45) is 0 Å². The van der Waals surface area contributed by atoms with Gasteiger partial charge in [0, 0.05) is 48.3 Å². The van der Waals surface area contributed by atoms with Crippen LogP contribution in [0, 0.1) is 5.82 Å². The number of aromatic nitrogens is 3. The van der Waals surface area contributed by atoms with Crippen molar-refractivity contribution >= 4 is 39.0 Å². The zero-order chi connectivity index (χ0) is 19.1. The van der Waals surface area contributed by atoms with Gasteiger partial charge in [-0.2, -0.15) is 5.10 Å². The molecule has 142 valence electrons. The fraction of sp³-hybridized carbons (Fsp3) is 0.238. The average Bonchev–Trinajstić information content (AvgIpc) is 3.20. The average molecular weight is 376 g/mol. The second kappa shape index (κ2) is 6.76. The van der Waals surface area contributed by atoms with E-state index in [1.54, 1.807) is 12.3 Å². The van der Waals surface area contributed by atoms with Gasteiger partial charge in [0.05, 0.1) is 11.7 Å². The fourth-order valence-electron chi connectivity index (χ4n) is 3.72. The van der Waals surface area contributed by atoms with Crippen LogP contribution in [0.4, 0.5) is 21.6 Å². The molecule has 7 heteroatoms. The summed E-state index contributed by atoms with van der Waals surface area (Å²) in [6.07, 6.45) is 1.71. The highest BCUT2D eigenvalue weighted by atomic mass is 19.1. The van der Waals surface area contributed by atoms with Crippen LogP contribution in [-0.2, 0) is 0 Å². The van der Waals surface area contributed by atoms with E-state index in [2.05, 4.69) is 61.6 Å². The van der Waals surface area contributed by atoms with Gasteiger partial charge in [-0.25, -0.2) is 9.37 Å². The van der Waals surface area contributed by atoms with E-state index >= 15 is 0 Å². The van der Waals surface area contributed by atoms with E-state index in [4.69, 9.17) is 0 Å². The summed E-state index contributed by atoms with van der Waals surface area (Å²) in [5.74, 6) is 0.399. The summed E-state index contributed by atoms with van der Waals surface area (Å²) >= 11 is 0. The first kappa shape index (κ1) is 16.9. The highest BCUT2D eigenvalue weighted by molar-refractivity contribution is 6.08. The van der Waals surface area contributed by atoms with Crippen molar-refractivity contribution in [2.75, 3.05) is 43.4 Å². The molecular weight excluding hydrogens is 355 g/mol. The minimum atomic E-state index is -0.281. The lowest BCUT2D eigenvalue weighted by Gasteiger charge is -2.34. The number of benzene rings is 2. The number of rotatable bonds is 3. The Morgan fingerprint density at radius 3 is 2.57 bits per heavy atom. The molecule has 1 saturated heterocycles. The molecule has 0 bridgehead atoms. The normalized spacial score (nSPS) is 15.4. The molecule has 2 aromatic heterocycles. The molecule has 5 rings (SSSR count). The minimum absolute atomic E-state index is 0.281. The number of halogens is 1. The maximum atomic E-state index is 13.7. The number of H-pyrrole nitrogens is 1. The van der Waals surface area contributed by atoms with Crippen LogP contribution in [0.2, 0.25) is 0 Å². The lowest BCUT2D eigenvalue weighted by Crippen LogP contribution is -2.44. The zero-order valence-electron chi connectivity index (χ0n) is 15.6. The Kier molecular flexibility index (Phi) is 4.09. The van der Waals surface area contributed by atoms with E-state index in [1.807, 2.05) is 0 Å². The van der Waals surface area contributed by atoms with Gasteiger partial charge in [-0.15, -0.1) is 0 Å². The number of pyridine rings is 1. The van der Waals surface area contributed by atoms with Gasteiger partial charge >= 0.3 is 0 Å². The van der Waals surface area contributed by atoms with Crippen LogP contribution in [0.15, 0.2) is 48.7 Å². The molecule has 2 aromatic carbocycles. The number of hydrogen-bond acceptors (Lipinski definition) is 5. The van der Waals surface area contributed by atoms with Gasteiger partial charge in [0.25, 0.3) is 0 Å². The molecule has 0 radical (unpaired) electrons. The van der Waals surface area contributed by atoms with Crippen molar-refractivity contribution in [1.29, 1.82) is 0 Å². The van der Waals surface area contributed by atoms with Crippen molar-refractivity contribution < 1.29 is 4.39 Å². The summed E-state index contributed by atoms with van der Waals surface area (Å²) < 4.78 is 13.7. The van der Waals surface area contributed by atoms with Gasteiger partial charge in [-0.05, 0) is 49.5 Å². The molecule has 1 aliphatic heterocycles. The maximum absolute atomic E-state index is 13.7. The fourth-order valence-corrected chi connectivity index (χ4v) is 3.72. The van der Waals surface area contributed by atoms with E-state index in [-0.39, 0.29) is 5.82 Å². The van der Waals surface area contributed by atoms with Gasteiger partial charge in [-0.1, -0.05) is 0 Å². The number of piperazine rings is 1. The lowest BCUT2D eigenvalue weighted by atomic mass is 10.1. The molecule has 1 aliphatic rings. The molecule has 2 N–H and O–H groups in total. The van der Waals surface area contributed by atoms with Gasteiger partial charge in [0.2, 0.25) is 0 Å². The summed E-state index contributed by atoms with van der Waals surface area (Å²) in [5.41, 5.74) is 3.67. The smallest absolute Gasteiger partial charge is 0.157 e. The van der Waals surface area contributed by atoms with Crippen LogP contribution in [0.3, 0.4) is 0 Å². The van der Waals surface area contributed by atoms with Crippen LogP contribution in [0.1, 0.15) is 0 Å². The molecule has 0 atom stereocenters. The third-order valence-electron chi connectivity index (χ3n) is 5.36. The van der Waals surface area contributed by atoms with E-state index in [9.17, 15) is 4.39 Å². The number of anilines is 3. The van der Waals surface area contributed by atoms with Crippen LogP contribution in [0.5, 0.6) is 0 Å². The van der Waals surface area contributed by atoms with Gasteiger partial charge in [0.15, 0.2) is 5.82 Å². The Morgan fingerprint density at radius 1 is 1.00 bits per heavy atom. The third kappa shape index (κ3) is 3.03. The van der Waals surface area contributed by atoms with E-state index in [0.717, 1.165) is 53.7 Å². The summed E-state index contributed by atoms with van der Waals surface area (Å²) in [6, 6.07) is 13.0. The second-order valence-corrected chi connectivity index (χ2v) is 7.24. The molecule has 4 aromatic rings. The van der Waals surface area contributed by atoms with E-state index in [0.29, 0.717) is 5.82 Å². The van der Waals surface area contributed by atoms with Crippen molar-refractivity contribution in [3.63, 3.8) is 0 Å². The third-order valence-corrected chi connectivity index (χ3v) is 5.36. The Bertz CT molecular complexity index is 1130. The second-order valence-electron chi connectivity index (χ2n) is 7.24. The molecular formula is C21H21FN6. The molecule has 0 amide bonds. The molecule has 3 heterocycles.